The SMILES string of the molecule is CC(=O)NC1=NN(C(C)=O)[C@](C)(c2ccccc2)[S@]1=O. The van der Waals surface area contributed by atoms with Crippen LogP contribution in [0.25, 0.3) is 0 Å². The lowest BCUT2D eigenvalue weighted by Gasteiger charge is -2.30. The highest BCUT2D eigenvalue weighted by Gasteiger charge is 2.49. The van der Waals surface area contributed by atoms with E-state index in [2.05, 4.69) is 10.4 Å². The van der Waals surface area contributed by atoms with E-state index in [4.69, 9.17) is 0 Å². The molecule has 1 aromatic rings. The highest BCUT2D eigenvalue weighted by atomic mass is 32.2. The van der Waals surface area contributed by atoms with Crippen molar-refractivity contribution in [2.45, 2.75) is 25.6 Å². The minimum absolute atomic E-state index is 0.000877. The minimum Gasteiger partial charge on any atom is -0.302 e. The zero-order chi connectivity index (χ0) is 14.9. The molecular formula is C13H15N3O3S. The summed E-state index contributed by atoms with van der Waals surface area (Å²) in [5.74, 6) is -0.719. The molecule has 20 heavy (non-hydrogen) atoms. The first kappa shape index (κ1) is 14.4. The van der Waals surface area contributed by atoms with Crippen LogP contribution in [0.4, 0.5) is 0 Å². The van der Waals surface area contributed by atoms with Crippen molar-refractivity contribution in [3.63, 3.8) is 0 Å². The zero-order valence-corrected chi connectivity index (χ0v) is 12.2. The lowest BCUT2D eigenvalue weighted by Crippen LogP contribution is -2.44. The first-order valence-corrected chi connectivity index (χ1v) is 7.16. The number of hydrogen-bond donors (Lipinski definition) is 1. The first-order chi connectivity index (χ1) is 9.37. The second kappa shape index (κ2) is 5.16. The van der Waals surface area contributed by atoms with Gasteiger partial charge in [-0.2, -0.15) is 0 Å². The number of amides is 2. The summed E-state index contributed by atoms with van der Waals surface area (Å²) in [5, 5.41) is 7.58. The zero-order valence-electron chi connectivity index (χ0n) is 11.4. The Hall–Kier alpha value is -2.02. The summed E-state index contributed by atoms with van der Waals surface area (Å²) >= 11 is 0. The fourth-order valence-corrected chi connectivity index (χ4v) is 3.50. The molecule has 1 heterocycles. The van der Waals surface area contributed by atoms with Crippen molar-refractivity contribution in [1.29, 1.82) is 0 Å². The topological polar surface area (TPSA) is 78.8 Å². The molecule has 1 aliphatic rings. The van der Waals surface area contributed by atoms with Crippen molar-refractivity contribution in [2.24, 2.45) is 5.10 Å². The normalized spacial score (nSPS) is 25.2. The monoisotopic (exact) mass is 293 g/mol. The average Bonchev–Trinajstić information content (AvgIpc) is 2.65. The maximum Gasteiger partial charge on any atom is 0.241 e. The second-order valence-corrected chi connectivity index (χ2v) is 6.25. The fourth-order valence-electron chi connectivity index (χ4n) is 2.06. The van der Waals surface area contributed by atoms with E-state index in [-0.39, 0.29) is 17.0 Å². The number of hydrogen-bond acceptors (Lipinski definition) is 4. The van der Waals surface area contributed by atoms with E-state index in [0.717, 1.165) is 5.01 Å². The van der Waals surface area contributed by atoms with Gasteiger partial charge in [-0.15, -0.1) is 5.10 Å². The number of carbonyl (C=O) groups excluding carboxylic acids is 2. The first-order valence-electron chi connectivity index (χ1n) is 6.01. The van der Waals surface area contributed by atoms with Crippen molar-refractivity contribution < 1.29 is 13.8 Å². The van der Waals surface area contributed by atoms with Gasteiger partial charge in [0.2, 0.25) is 17.0 Å². The van der Waals surface area contributed by atoms with Crippen molar-refractivity contribution in [1.82, 2.24) is 10.3 Å². The lowest BCUT2D eigenvalue weighted by atomic mass is 10.1. The second-order valence-electron chi connectivity index (χ2n) is 4.53. The summed E-state index contributed by atoms with van der Waals surface area (Å²) < 4.78 is 12.6. The smallest absolute Gasteiger partial charge is 0.241 e. The molecule has 0 saturated carbocycles. The molecule has 0 unspecified atom stereocenters. The van der Waals surface area contributed by atoms with E-state index in [0.29, 0.717) is 5.56 Å². The van der Waals surface area contributed by atoms with Gasteiger partial charge in [0.1, 0.15) is 10.8 Å². The highest BCUT2D eigenvalue weighted by Crippen LogP contribution is 2.37. The Morgan fingerprint density at radius 1 is 1.25 bits per heavy atom. The number of benzene rings is 1. The van der Waals surface area contributed by atoms with Gasteiger partial charge in [0, 0.05) is 13.8 Å². The molecule has 7 heteroatoms. The van der Waals surface area contributed by atoms with Gasteiger partial charge in [0.15, 0.2) is 4.87 Å². The summed E-state index contributed by atoms with van der Waals surface area (Å²) in [6.45, 7) is 4.31. The van der Waals surface area contributed by atoms with Crippen molar-refractivity contribution >= 4 is 27.8 Å². The van der Waals surface area contributed by atoms with Gasteiger partial charge in [-0.25, -0.2) is 9.22 Å². The Bertz CT molecular complexity index is 615. The maximum absolute atomic E-state index is 12.6. The van der Waals surface area contributed by atoms with Crippen LogP contribution in [0.3, 0.4) is 0 Å². The molecule has 2 rings (SSSR count). The Kier molecular flexibility index (Phi) is 3.71. The van der Waals surface area contributed by atoms with E-state index < -0.39 is 15.7 Å². The van der Waals surface area contributed by atoms with Crippen LogP contribution in [0.1, 0.15) is 26.3 Å². The molecular weight excluding hydrogens is 278 g/mol. The van der Waals surface area contributed by atoms with Crippen molar-refractivity contribution in [3.05, 3.63) is 35.9 Å². The molecule has 0 fully saturated rings. The molecule has 2 amide bonds. The number of nitrogens with one attached hydrogen (secondary N) is 1. The largest absolute Gasteiger partial charge is 0.302 e. The van der Waals surface area contributed by atoms with Crippen LogP contribution in [0.15, 0.2) is 35.4 Å². The number of nitrogens with zero attached hydrogens (tertiary/aromatic N) is 2. The Morgan fingerprint density at radius 3 is 2.35 bits per heavy atom. The van der Waals surface area contributed by atoms with Crippen LogP contribution in [0.2, 0.25) is 0 Å². The van der Waals surface area contributed by atoms with Crippen LogP contribution in [-0.4, -0.2) is 26.2 Å². The Morgan fingerprint density at radius 2 is 1.85 bits per heavy atom. The maximum atomic E-state index is 12.6. The molecule has 0 radical (unpaired) electrons. The van der Waals surface area contributed by atoms with E-state index >= 15 is 0 Å². The Balaban J connectivity index is 2.50. The van der Waals surface area contributed by atoms with Crippen LogP contribution in [-0.2, 0) is 25.3 Å². The molecule has 0 aliphatic carbocycles. The number of amidine groups is 1. The molecule has 0 saturated heterocycles. The third-order valence-electron chi connectivity index (χ3n) is 3.02. The molecule has 1 N–H and O–H groups in total. The van der Waals surface area contributed by atoms with Gasteiger partial charge in [0.05, 0.1) is 0 Å². The summed E-state index contributed by atoms with van der Waals surface area (Å²) in [4.78, 5) is 21.8. The fraction of sp³-hybridized carbons (Fsp3) is 0.308. The predicted molar refractivity (Wildman–Crippen MR) is 75.7 cm³/mol. The van der Waals surface area contributed by atoms with Crippen LogP contribution < -0.4 is 5.32 Å². The molecule has 0 aromatic heterocycles. The molecule has 6 nitrogen and oxygen atoms in total. The number of carbonyl (C=O) groups is 2. The van der Waals surface area contributed by atoms with E-state index in [1.54, 1.807) is 31.2 Å². The lowest BCUT2D eigenvalue weighted by molar-refractivity contribution is -0.132. The summed E-state index contributed by atoms with van der Waals surface area (Å²) in [6, 6.07) is 8.98. The van der Waals surface area contributed by atoms with Crippen LogP contribution in [0, 0.1) is 0 Å². The van der Waals surface area contributed by atoms with E-state index in [1.807, 2.05) is 6.07 Å². The summed E-state index contributed by atoms with van der Waals surface area (Å²) in [7, 11) is -1.66. The van der Waals surface area contributed by atoms with E-state index in [9.17, 15) is 13.8 Å². The molecule has 0 bridgehead atoms. The number of rotatable bonds is 1. The third kappa shape index (κ3) is 2.24. The molecule has 106 valence electrons. The standard InChI is InChI=1S/C13H15N3O3S/c1-9(17)14-12-15-16(10(2)18)13(3,20(12)19)11-7-5-4-6-8-11/h4-8H,1-3H3,(H,14,15,17)/t13-,20-/m0/s1. The predicted octanol–water partition coefficient (Wildman–Crippen LogP) is 0.877. The van der Waals surface area contributed by atoms with Gasteiger partial charge in [-0.3, -0.25) is 9.59 Å². The van der Waals surface area contributed by atoms with E-state index in [1.165, 1.54) is 13.8 Å². The van der Waals surface area contributed by atoms with Crippen molar-refractivity contribution in [3.8, 4) is 0 Å². The molecule has 1 aliphatic heterocycles. The van der Waals surface area contributed by atoms with Crippen LogP contribution >= 0.6 is 0 Å². The summed E-state index contributed by atoms with van der Waals surface area (Å²) in [6.07, 6.45) is 0. The molecule has 2 atom stereocenters. The van der Waals surface area contributed by atoms with Crippen LogP contribution in [0.5, 0.6) is 0 Å². The van der Waals surface area contributed by atoms with Crippen molar-refractivity contribution in [2.75, 3.05) is 0 Å². The highest BCUT2D eigenvalue weighted by molar-refractivity contribution is 8.01. The average molecular weight is 293 g/mol. The Labute approximate surface area is 119 Å². The molecule has 1 aromatic carbocycles. The summed E-state index contributed by atoms with van der Waals surface area (Å²) in [5.41, 5.74) is 0.692. The minimum atomic E-state index is -1.66. The molecule has 0 spiro atoms. The quantitative estimate of drug-likeness (QED) is 0.834. The van der Waals surface area contributed by atoms with Gasteiger partial charge < -0.3 is 5.32 Å². The third-order valence-corrected chi connectivity index (χ3v) is 4.69. The van der Waals surface area contributed by atoms with Gasteiger partial charge >= 0.3 is 0 Å². The van der Waals surface area contributed by atoms with Gasteiger partial charge in [-0.1, -0.05) is 30.3 Å². The number of hydrazone groups is 1. The van der Waals surface area contributed by atoms with Gasteiger partial charge in [0.25, 0.3) is 0 Å². The van der Waals surface area contributed by atoms with Gasteiger partial charge in [-0.05, 0) is 12.5 Å².